The molecule has 0 radical (unpaired) electrons. The van der Waals surface area contributed by atoms with E-state index in [9.17, 15) is 4.79 Å². The first kappa shape index (κ1) is 12.7. The van der Waals surface area contributed by atoms with Crippen molar-refractivity contribution < 1.29 is 9.63 Å². The van der Waals surface area contributed by atoms with Gasteiger partial charge in [-0.3, -0.25) is 4.79 Å². The minimum absolute atomic E-state index is 0.222. The number of hydrogen-bond donors (Lipinski definition) is 1. The van der Waals surface area contributed by atoms with Crippen molar-refractivity contribution in [3.8, 4) is 0 Å². The van der Waals surface area contributed by atoms with Crippen molar-refractivity contribution in [3.05, 3.63) is 54.2 Å². The van der Waals surface area contributed by atoms with E-state index in [0.717, 1.165) is 5.56 Å². The van der Waals surface area contributed by atoms with E-state index in [0.29, 0.717) is 0 Å². The Kier molecular flexibility index (Phi) is 5.88. The zero-order valence-electron chi connectivity index (χ0n) is 9.54. The summed E-state index contributed by atoms with van der Waals surface area (Å²) >= 11 is 0. The third kappa shape index (κ3) is 5.94. The van der Waals surface area contributed by atoms with Crippen LogP contribution in [0.5, 0.6) is 0 Å². The second-order valence-corrected chi connectivity index (χ2v) is 3.05. The van der Waals surface area contributed by atoms with Crippen molar-refractivity contribution in [2.75, 3.05) is 7.11 Å². The molecule has 1 N–H and O–H groups in total. The van der Waals surface area contributed by atoms with Crippen LogP contribution in [0.4, 0.5) is 0 Å². The highest BCUT2D eigenvalue weighted by Crippen LogP contribution is 1.99. The number of hydrogen-bond acceptors (Lipinski definition) is 3. The lowest BCUT2D eigenvalue weighted by atomic mass is 10.2. The summed E-state index contributed by atoms with van der Waals surface area (Å²) in [5, 5.41) is 6.06. The number of allylic oxidation sites excluding steroid dienone is 1. The van der Waals surface area contributed by atoms with E-state index in [4.69, 9.17) is 0 Å². The molecule has 0 heterocycles. The van der Waals surface area contributed by atoms with Crippen LogP contribution in [0.2, 0.25) is 0 Å². The summed E-state index contributed by atoms with van der Waals surface area (Å²) in [4.78, 5) is 15.7. The van der Waals surface area contributed by atoms with Gasteiger partial charge in [0.2, 0.25) is 5.91 Å². The maximum Gasteiger partial charge on any atom is 0.247 e. The first-order valence-electron chi connectivity index (χ1n) is 5.08. The van der Waals surface area contributed by atoms with Gasteiger partial charge in [0.15, 0.2) is 0 Å². The Bertz CT molecular complexity index is 422. The lowest BCUT2D eigenvalue weighted by Crippen LogP contribution is -2.13. The monoisotopic (exact) mass is 230 g/mol. The first-order chi connectivity index (χ1) is 8.33. The number of carbonyl (C=O) groups excluding carboxylic acids is 1. The van der Waals surface area contributed by atoms with Gasteiger partial charge >= 0.3 is 0 Å². The fraction of sp³-hybridized carbons (Fsp3) is 0.0769. The summed E-state index contributed by atoms with van der Waals surface area (Å²) in [6.07, 6.45) is 7.65. The second-order valence-electron chi connectivity index (χ2n) is 3.05. The van der Waals surface area contributed by atoms with E-state index >= 15 is 0 Å². The molecule has 1 amide bonds. The normalized spacial score (nSPS) is 11.4. The highest BCUT2D eigenvalue weighted by molar-refractivity contribution is 5.92. The van der Waals surface area contributed by atoms with Crippen LogP contribution in [0.15, 0.2) is 53.8 Å². The standard InChI is InChI=1S/C13H14N2O2/c1-17-15-10-5-8-13(16)14-11-9-12-6-3-2-4-7-12/h2-11H,1H3,(H,14,16)/b8-5+,11-9+,15-10-. The summed E-state index contributed by atoms with van der Waals surface area (Å²) in [6.45, 7) is 0. The molecule has 0 aromatic heterocycles. The molecule has 0 saturated carbocycles. The van der Waals surface area contributed by atoms with Crippen molar-refractivity contribution >= 4 is 18.2 Å². The second kappa shape index (κ2) is 7.87. The van der Waals surface area contributed by atoms with E-state index in [1.807, 2.05) is 36.4 Å². The Morgan fingerprint density at radius 2 is 2.12 bits per heavy atom. The maximum atomic E-state index is 11.2. The van der Waals surface area contributed by atoms with Gasteiger partial charge in [-0.2, -0.15) is 0 Å². The third-order valence-corrected chi connectivity index (χ3v) is 1.80. The minimum Gasteiger partial charge on any atom is -0.399 e. The highest BCUT2D eigenvalue weighted by atomic mass is 16.6. The van der Waals surface area contributed by atoms with Crippen molar-refractivity contribution in [1.29, 1.82) is 0 Å². The predicted molar refractivity (Wildman–Crippen MR) is 68.3 cm³/mol. The van der Waals surface area contributed by atoms with Crippen LogP contribution in [0.25, 0.3) is 6.08 Å². The lowest BCUT2D eigenvalue weighted by molar-refractivity contribution is -0.115. The average Bonchev–Trinajstić information content (AvgIpc) is 2.36. The number of nitrogens with one attached hydrogen (secondary N) is 1. The van der Waals surface area contributed by atoms with Gasteiger partial charge in [0.05, 0.1) is 6.21 Å². The van der Waals surface area contributed by atoms with Gasteiger partial charge in [0.1, 0.15) is 7.11 Å². The molecule has 0 spiro atoms. The molecule has 17 heavy (non-hydrogen) atoms. The van der Waals surface area contributed by atoms with Crippen LogP contribution in [0.3, 0.4) is 0 Å². The van der Waals surface area contributed by atoms with Crippen LogP contribution >= 0.6 is 0 Å². The number of benzene rings is 1. The van der Waals surface area contributed by atoms with E-state index in [1.54, 1.807) is 6.20 Å². The summed E-state index contributed by atoms with van der Waals surface area (Å²) in [6, 6.07) is 9.70. The molecule has 1 rings (SSSR count). The molecule has 88 valence electrons. The topological polar surface area (TPSA) is 50.7 Å². The van der Waals surface area contributed by atoms with Crippen LogP contribution in [-0.4, -0.2) is 19.2 Å². The first-order valence-corrected chi connectivity index (χ1v) is 5.08. The van der Waals surface area contributed by atoms with Crippen molar-refractivity contribution in [1.82, 2.24) is 5.32 Å². The number of amides is 1. The van der Waals surface area contributed by atoms with E-state index in [2.05, 4.69) is 15.3 Å². The van der Waals surface area contributed by atoms with Gasteiger partial charge in [-0.05, 0) is 17.7 Å². The minimum atomic E-state index is -0.222. The number of nitrogens with zero attached hydrogens (tertiary/aromatic N) is 1. The van der Waals surface area contributed by atoms with Crippen LogP contribution in [0.1, 0.15) is 5.56 Å². The van der Waals surface area contributed by atoms with Gasteiger partial charge in [0, 0.05) is 12.3 Å². The molecular formula is C13H14N2O2. The zero-order chi connectivity index (χ0) is 12.3. The Morgan fingerprint density at radius 3 is 2.82 bits per heavy atom. The molecule has 0 aliphatic heterocycles. The maximum absolute atomic E-state index is 11.2. The molecule has 1 aromatic carbocycles. The smallest absolute Gasteiger partial charge is 0.247 e. The van der Waals surface area contributed by atoms with E-state index < -0.39 is 0 Å². The summed E-state index contributed by atoms with van der Waals surface area (Å²) in [7, 11) is 1.44. The molecular weight excluding hydrogens is 216 g/mol. The van der Waals surface area contributed by atoms with Crippen LogP contribution in [0, 0.1) is 0 Å². The lowest BCUT2D eigenvalue weighted by Gasteiger charge is -1.93. The van der Waals surface area contributed by atoms with Crippen LogP contribution < -0.4 is 5.32 Å². The molecule has 0 unspecified atom stereocenters. The largest absolute Gasteiger partial charge is 0.399 e. The molecule has 0 saturated heterocycles. The Balaban J connectivity index is 2.36. The average molecular weight is 230 g/mol. The fourth-order valence-electron chi connectivity index (χ4n) is 1.06. The van der Waals surface area contributed by atoms with Crippen molar-refractivity contribution in [3.63, 3.8) is 0 Å². The van der Waals surface area contributed by atoms with Gasteiger partial charge < -0.3 is 10.2 Å². The Morgan fingerprint density at radius 1 is 1.35 bits per heavy atom. The number of rotatable bonds is 5. The molecule has 4 nitrogen and oxygen atoms in total. The molecule has 0 fully saturated rings. The quantitative estimate of drug-likeness (QED) is 0.477. The summed E-state index contributed by atoms with van der Waals surface area (Å²) in [5.74, 6) is -0.222. The van der Waals surface area contributed by atoms with Crippen molar-refractivity contribution in [2.45, 2.75) is 0 Å². The highest BCUT2D eigenvalue weighted by Gasteiger charge is 1.88. The third-order valence-electron chi connectivity index (χ3n) is 1.80. The molecule has 0 aliphatic rings. The molecule has 0 atom stereocenters. The SMILES string of the molecule is CO/N=C\C=C\C(=O)N/C=C/c1ccccc1. The predicted octanol–water partition coefficient (Wildman–Crippen LogP) is 1.96. The summed E-state index contributed by atoms with van der Waals surface area (Å²) < 4.78 is 0. The zero-order valence-corrected chi connectivity index (χ0v) is 9.54. The molecule has 0 aliphatic carbocycles. The fourth-order valence-corrected chi connectivity index (χ4v) is 1.06. The van der Waals surface area contributed by atoms with Gasteiger partial charge in [-0.25, -0.2) is 0 Å². The van der Waals surface area contributed by atoms with Crippen molar-refractivity contribution in [2.24, 2.45) is 5.16 Å². The van der Waals surface area contributed by atoms with E-state index in [-0.39, 0.29) is 5.91 Å². The molecule has 0 bridgehead atoms. The van der Waals surface area contributed by atoms with Gasteiger partial charge in [-0.1, -0.05) is 35.5 Å². The Hall–Kier alpha value is -2.36. The van der Waals surface area contributed by atoms with Gasteiger partial charge in [0.25, 0.3) is 0 Å². The van der Waals surface area contributed by atoms with Crippen LogP contribution in [-0.2, 0) is 9.63 Å². The number of carbonyl (C=O) groups is 1. The van der Waals surface area contributed by atoms with E-state index in [1.165, 1.54) is 25.5 Å². The molecule has 1 aromatic rings. The number of oxime groups is 1. The molecule has 4 heteroatoms. The Labute approximate surface area is 100 Å². The van der Waals surface area contributed by atoms with Gasteiger partial charge in [-0.15, -0.1) is 0 Å². The summed E-state index contributed by atoms with van der Waals surface area (Å²) in [5.41, 5.74) is 1.03.